The van der Waals surface area contributed by atoms with Gasteiger partial charge < -0.3 is 19.5 Å². The monoisotopic (exact) mass is 388 g/mol. The zero-order valence-electron chi connectivity index (χ0n) is 16.1. The Labute approximate surface area is 158 Å². The smallest absolute Gasteiger partial charge is 0.422 e. The first-order valence-corrected chi connectivity index (χ1v) is 9.61. The number of benzene rings is 1. The van der Waals surface area contributed by atoms with E-state index in [1.807, 2.05) is 0 Å². The molecule has 0 amide bonds. The van der Waals surface area contributed by atoms with Crippen LogP contribution in [0.3, 0.4) is 0 Å². The molecule has 1 unspecified atom stereocenters. The topological polar surface area (TPSA) is 43.1 Å². The lowest BCUT2D eigenvalue weighted by Crippen LogP contribution is -3.15. The second kappa shape index (κ2) is 7.87. The van der Waals surface area contributed by atoms with E-state index in [4.69, 9.17) is 9.47 Å². The molecule has 0 radical (unpaired) electrons. The molecule has 2 N–H and O–H groups in total. The van der Waals surface area contributed by atoms with E-state index >= 15 is 0 Å². The van der Waals surface area contributed by atoms with Crippen molar-refractivity contribution >= 4 is 0 Å². The molecule has 4 atom stereocenters. The van der Waals surface area contributed by atoms with E-state index in [-0.39, 0.29) is 17.9 Å². The maximum atomic E-state index is 12.5. The van der Waals surface area contributed by atoms with E-state index in [1.165, 1.54) is 12.0 Å². The van der Waals surface area contributed by atoms with Gasteiger partial charge in [-0.1, -0.05) is 13.8 Å². The third-order valence-corrected chi connectivity index (χ3v) is 5.72. The number of aliphatic hydroxyl groups is 1. The van der Waals surface area contributed by atoms with Crippen LogP contribution in [0.4, 0.5) is 13.2 Å². The Hall–Kier alpha value is -1.47. The Morgan fingerprint density at radius 3 is 2.63 bits per heavy atom. The number of rotatable bonds is 5. The molecule has 0 aliphatic carbocycles. The number of halogens is 3. The maximum Gasteiger partial charge on any atom is 0.422 e. The fraction of sp³-hybridized carbons (Fsp3) is 0.700. The molecule has 2 aliphatic rings. The molecular weight excluding hydrogens is 359 g/mol. The fourth-order valence-electron chi connectivity index (χ4n) is 4.57. The molecule has 0 saturated carbocycles. The number of hydrogen-bond donors (Lipinski definition) is 2. The van der Waals surface area contributed by atoms with Crippen LogP contribution in [-0.4, -0.2) is 44.2 Å². The van der Waals surface area contributed by atoms with Crippen molar-refractivity contribution in [2.75, 3.05) is 26.8 Å². The zero-order valence-corrected chi connectivity index (χ0v) is 16.1. The van der Waals surface area contributed by atoms with Crippen molar-refractivity contribution in [2.24, 2.45) is 11.8 Å². The van der Waals surface area contributed by atoms with Crippen LogP contribution in [0.15, 0.2) is 12.1 Å². The summed E-state index contributed by atoms with van der Waals surface area (Å²) in [5.41, 5.74) is 2.06. The van der Waals surface area contributed by atoms with Gasteiger partial charge in [-0.2, -0.15) is 13.2 Å². The normalized spacial score (nSPS) is 27.9. The summed E-state index contributed by atoms with van der Waals surface area (Å²) in [5, 5.41) is 10.6. The minimum atomic E-state index is -4.39. The molecule has 4 nitrogen and oxygen atoms in total. The van der Waals surface area contributed by atoms with Gasteiger partial charge in [0.25, 0.3) is 0 Å². The number of hydrogen-bond acceptors (Lipinski definition) is 3. The summed E-state index contributed by atoms with van der Waals surface area (Å²) in [5.74, 6) is 1.30. The first-order valence-electron chi connectivity index (χ1n) is 9.61. The highest BCUT2D eigenvalue weighted by molar-refractivity contribution is 5.49. The summed E-state index contributed by atoms with van der Waals surface area (Å²) >= 11 is 0. The lowest BCUT2D eigenvalue weighted by atomic mass is 9.79. The molecule has 0 aromatic heterocycles. The Balaban J connectivity index is 1.82. The van der Waals surface area contributed by atoms with E-state index < -0.39 is 12.8 Å². The largest absolute Gasteiger partial charge is 0.493 e. The van der Waals surface area contributed by atoms with Gasteiger partial charge in [0.2, 0.25) is 0 Å². The summed E-state index contributed by atoms with van der Waals surface area (Å²) in [6.45, 7) is 4.86. The third-order valence-electron chi connectivity index (χ3n) is 5.72. The number of nitrogens with one attached hydrogen (secondary N) is 1. The molecule has 1 fully saturated rings. The van der Waals surface area contributed by atoms with Crippen LogP contribution in [0.1, 0.15) is 43.9 Å². The van der Waals surface area contributed by atoms with Gasteiger partial charge in [0.1, 0.15) is 6.04 Å². The predicted octanol–water partition coefficient (Wildman–Crippen LogP) is 2.55. The van der Waals surface area contributed by atoms with Crippen LogP contribution in [0, 0.1) is 11.8 Å². The molecule has 27 heavy (non-hydrogen) atoms. The van der Waals surface area contributed by atoms with Crippen molar-refractivity contribution in [1.29, 1.82) is 0 Å². The molecule has 2 aliphatic heterocycles. The Morgan fingerprint density at radius 1 is 1.26 bits per heavy atom. The van der Waals surface area contributed by atoms with E-state index in [0.29, 0.717) is 24.0 Å². The predicted molar refractivity (Wildman–Crippen MR) is 95.3 cm³/mol. The first kappa shape index (κ1) is 20.3. The van der Waals surface area contributed by atoms with E-state index in [2.05, 4.69) is 13.8 Å². The molecule has 152 valence electrons. The summed E-state index contributed by atoms with van der Waals surface area (Å²) in [6.07, 6.45) is -2.26. The van der Waals surface area contributed by atoms with Crippen LogP contribution in [0.5, 0.6) is 11.5 Å². The van der Waals surface area contributed by atoms with Crippen molar-refractivity contribution in [3.8, 4) is 11.5 Å². The second-order valence-electron chi connectivity index (χ2n) is 8.21. The Morgan fingerprint density at radius 2 is 2.00 bits per heavy atom. The summed E-state index contributed by atoms with van der Waals surface area (Å²) in [4.78, 5) is 1.45. The summed E-state index contributed by atoms with van der Waals surface area (Å²) in [7, 11) is 1.43. The number of quaternary nitrogens is 1. The van der Waals surface area contributed by atoms with Crippen LogP contribution in [0.25, 0.3) is 0 Å². The molecule has 0 spiro atoms. The SMILES string of the molecule is COc1cc2c(cc1OCC(F)(F)F)CC[NH+]1C[C@@H](CC(C)C)[C@H](O)C[C@H]21. The minimum absolute atomic E-state index is 0.131. The molecule has 3 rings (SSSR count). The molecule has 0 bridgehead atoms. The number of aliphatic hydroxyl groups excluding tert-OH is 1. The van der Waals surface area contributed by atoms with E-state index in [9.17, 15) is 18.3 Å². The third kappa shape index (κ3) is 4.69. The highest BCUT2D eigenvalue weighted by Crippen LogP contribution is 2.38. The molecule has 1 aromatic rings. The van der Waals surface area contributed by atoms with Crippen molar-refractivity contribution in [3.05, 3.63) is 23.3 Å². The van der Waals surface area contributed by atoms with Gasteiger partial charge in [0.15, 0.2) is 18.1 Å². The fourth-order valence-corrected chi connectivity index (χ4v) is 4.57. The molecule has 7 heteroatoms. The van der Waals surface area contributed by atoms with Crippen LogP contribution in [0.2, 0.25) is 0 Å². The van der Waals surface area contributed by atoms with Gasteiger partial charge in [-0.05, 0) is 30.0 Å². The quantitative estimate of drug-likeness (QED) is 0.815. The average Bonchev–Trinajstić information content (AvgIpc) is 2.58. The standard InChI is InChI=1S/C20H28F3NO3/c1-12(2)6-14-10-24-5-4-13-7-19(27-11-20(21,22)23)18(26-3)8-15(13)16(24)9-17(14)25/h7-8,12,14,16-17,25H,4-6,9-11H2,1-3H3/p+1/t14-,16-,17-/m1/s1. The van der Waals surface area contributed by atoms with Gasteiger partial charge in [0.05, 0.1) is 26.3 Å². The van der Waals surface area contributed by atoms with E-state index in [0.717, 1.165) is 37.1 Å². The van der Waals surface area contributed by atoms with Crippen molar-refractivity contribution in [1.82, 2.24) is 0 Å². The second-order valence-corrected chi connectivity index (χ2v) is 8.21. The molecule has 1 saturated heterocycles. The van der Waals surface area contributed by atoms with Gasteiger partial charge in [-0.25, -0.2) is 0 Å². The molecule has 2 heterocycles. The summed E-state index contributed by atoms with van der Waals surface area (Å²) < 4.78 is 47.8. The highest BCUT2D eigenvalue weighted by atomic mass is 19.4. The van der Waals surface area contributed by atoms with Crippen LogP contribution < -0.4 is 14.4 Å². The summed E-state index contributed by atoms with van der Waals surface area (Å²) in [6, 6.07) is 3.64. The number of fused-ring (bicyclic) bond motifs is 3. The lowest BCUT2D eigenvalue weighted by Gasteiger charge is -2.43. The number of alkyl halides is 3. The zero-order chi connectivity index (χ0) is 19.8. The average molecular weight is 388 g/mol. The van der Waals surface area contributed by atoms with Crippen molar-refractivity contribution < 1.29 is 32.7 Å². The number of piperidine rings is 1. The minimum Gasteiger partial charge on any atom is -0.493 e. The van der Waals surface area contributed by atoms with E-state index in [1.54, 1.807) is 12.1 Å². The van der Waals surface area contributed by atoms with Crippen LogP contribution in [-0.2, 0) is 6.42 Å². The lowest BCUT2D eigenvalue weighted by molar-refractivity contribution is -0.944. The molecule has 1 aromatic carbocycles. The van der Waals surface area contributed by atoms with Gasteiger partial charge in [-0.15, -0.1) is 0 Å². The molecular formula is C20H29F3NO3+. The van der Waals surface area contributed by atoms with Crippen LogP contribution >= 0.6 is 0 Å². The Bertz CT molecular complexity index is 663. The Kier molecular flexibility index (Phi) is 5.91. The number of ether oxygens (including phenoxy) is 2. The highest BCUT2D eigenvalue weighted by Gasteiger charge is 2.42. The number of methoxy groups -OCH3 is 1. The van der Waals surface area contributed by atoms with Crippen molar-refractivity contribution in [3.63, 3.8) is 0 Å². The maximum absolute atomic E-state index is 12.5. The van der Waals surface area contributed by atoms with Gasteiger partial charge >= 0.3 is 6.18 Å². The van der Waals surface area contributed by atoms with Gasteiger partial charge in [0, 0.05) is 24.3 Å². The first-order chi connectivity index (χ1) is 12.7. The van der Waals surface area contributed by atoms with Crippen molar-refractivity contribution in [2.45, 2.75) is 51.4 Å². The van der Waals surface area contributed by atoms with Gasteiger partial charge in [-0.3, -0.25) is 0 Å².